The van der Waals surface area contributed by atoms with Crippen LogP contribution in [0.3, 0.4) is 0 Å². The summed E-state index contributed by atoms with van der Waals surface area (Å²) >= 11 is 1.73. The van der Waals surface area contributed by atoms with Crippen molar-refractivity contribution in [1.82, 2.24) is 10.3 Å². The van der Waals surface area contributed by atoms with E-state index in [1.807, 2.05) is 12.3 Å². The van der Waals surface area contributed by atoms with Crippen molar-refractivity contribution >= 4 is 23.3 Å². The van der Waals surface area contributed by atoms with Gasteiger partial charge in [0.1, 0.15) is 0 Å². The van der Waals surface area contributed by atoms with E-state index in [-0.39, 0.29) is 0 Å². The monoisotopic (exact) mass is 294 g/mol. The Balaban J connectivity index is 0.000000286. The summed E-state index contributed by atoms with van der Waals surface area (Å²) in [5, 5.41) is 22.4. The molecular weight excluding hydrogens is 280 g/mol. The summed E-state index contributed by atoms with van der Waals surface area (Å²) in [4.78, 5) is 22.3. The van der Waals surface area contributed by atoms with Gasteiger partial charge in [0, 0.05) is 25.5 Å². The molecule has 0 aliphatic rings. The number of pyridine rings is 1. The first-order valence-electron chi connectivity index (χ1n) is 5.66. The zero-order valence-electron chi connectivity index (χ0n) is 10.5. The number of nitrogens with zero attached hydrogens (tertiary/aromatic N) is 1. The van der Waals surface area contributed by atoms with Crippen molar-refractivity contribution in [1.29, 1.82) is 0 Å². The summed E-state index contributed by atoms with van der Waals surface area (Å²) < 4.78 is 0. The first kappa shape index (κ1) is 15.8. The molecule has 20 heavy (non-hydrogen) atoms. The number of carboxylic acid groups (broad SMARTS) is 2. The Bertz CT molecular complexity index is 517. The number of hydrogen-bond acceptors (Lipinski definition) is 5. The fourth-order valence-electron chi connectivity index (χ4n) is 1.25. The lowest BCUT2D eigenvalue weighted by molar-refractivity contribution is -0.159. The largest absolute Gasteiger partial charge is 0.473 e. The molecule has 0 aromatic carbocycles. The Kier molecular flexibility index (Phi) is 6.94. The Morgan fingerprint density at radius 2 is 1.85 bits per heavy atom. The number of aromatic nitrogens is 1. The Labute approximate surface area is 119 Å². The number of hydrogen-bond donors (Lipinski definition) is 3. The molecule has 2 aromatic rings. The van der Waals surface area contributed by atoms with E-state index in [1.54, 1.807) is 17.5 Å². The van der Waals surface area contributed by atoms with E-state index in [0.29, 0.717) is 0 Å². The number of thiophene rings is 1. The third kappa shape index (κ3) is 6.62. The van der Waals surface area contributed by atoms with E-state index in [9.17, 15) is 0 Å². The first-order chi connectivity index (χ1) is 9.59. The van der Waals surface area contributed by atoms with Gasteiger partial charge in [-0.2, -0.15) is 11.3 Å². The van der Waals surface area contributed by atoms with E-state index in [1.165, 1.54) is 11.1 Å². The van der Waals surface area contributed by atoms with Gasteiger partial charge in [-0.15, -0.1) is 0 Å². The van der Waals surface area contributed by atoms with Gasteiger partial charge in [0.2, 0.25) is 0 Å². The average Bonchev–Trinajstić information content (AvgIpc) is 2.94. The quantitative estimate of drug-likeness (QED) is 0.740. The number of nitrogens with one attached hydrogen (secondary N) is 1. The van der Waals surface area contributed by atoms with Crippen LogP contribution in [0.1, 0.15) is 11.1 Å². The van der Waals surface area contributed by atoms with Gasteiger partial charge < -0.3 is 15.5 Å². The summed E-state index contributed by atoms with van der Waals surface area (Å²) in [7, 11) is 0. The van der Waals surface area contributed by atoms with Crippen molar-refractivity contribution in [3.63, 3.8) is 0 Å². The molecule has 6 nitrogen and oxygen atoms in total. The zero-order valence-corrected chi connectivity index (χ0v) is 11.3. The van der Waals surface area contributed by atoms with E-state index in [0.717, 1.165) is 13.1 Å². The molecule has 0 saturated carbocycles. The molecule has 7 heteroatoms. The van der Waals surface area contributed by atoms with Crippen molar-refractivity contribution in [2.24, 2.45) is 0 Å². The SMILES string of the molecule is O=C(O)C(=O)O.c1cncc(CNCc2ccsc2)c1. The maximum atomic E-state index is 9.10. The number of carbonyl (C=O) groups is 2. The van der Waals surface area contributed by atoms with Gasteiger partial charge in [0.15, 0.2) is 0 Å². The molecule has 0 aliphatic heterocycles. The van der Waals surface area contributed by atoms with Gasteiger partial charge in [0.25, 0.3) is 0 Å². The molecule has 0 unspecified atom stereocenters. The van der Waals surface area contributed by atoms with Gasteiger partial charge in [-0.1, -0.05) is 6.07 Å². The second-order valence-corrected chi connectivity index (χ2v) is 4.49. The molecule has 2 heterocycles. The minimum Gasteiger partial charge on any atom is -0.473 e. The van der Waals surface area contributed by atoms with Gasteiger partial charge in [0.05, 0.1) is 0 Å². The summed E-state index contributed by atoms with van der Waals surface area (Å²) in [6.45, 7) is 1.81. The average molecular weight is 294 g/mol. The highest BCUT2D eigenvalue weighted by molar-refractivity contribution is 7.07. The van der Waals surface area contributed by atoms with Crippen molar-refractivity contribution < 1.29 is 19.8 Å². The molecular formula is C13H14N2O4S. The molecule has 0 aliphatic carbocycles. The van der Waals surface area contributed by atoms with Crippen LogP contribution in [0.2, 0.25) is 0 Å². The van der Waals surface area contributed by atoms with E-state index >= 15 is 0 Å². The molecule has 2 rings (SSSR count). The maximum absolute atomic E-state index is 9.10. The molecule has 3 N–H and O–H groups in total. The summed E-state index contributed by atoms with van der Waals surface area (Å²) in [6.07, 6.45) is 3.68. The van der Waals surface area contributed by atoms with Crippen LogP contribution in [-0.2, 0) is 22.7 Å². The van der Waals surface area contributed by atoms with E-state index in [4.69, 9.17) is 19.8 Å². The molecule has 0 fully saturated rings. The first-order valence-corrected chi connectivity index (χ1v) is 6.60. The van der Waals surface area contributed by atoms with Gasteiger partial charge in [-0.05, 0) is 34.0 Å². The third-order valence-electron chi connectivity index (χ3n) is 2.14. The highest BCUT2D eigenvalue weighted by Gasteiger charge is 2.04. The van der Waals surface area contributed by atoms with Crippen LogP contribution in [0.5, 0.6) is 0 Å². The van der Waals surface area contributed by atoms with Crippen molar-refractivity contribution in [3.8, 4) is 0 Å². The van der Waals surface area contributed by atoms with Crippen molar-refractivity contribution in [3.05, 3.63) is 52.5 Å². The molecule has 0 amide bonds. The minimum absolute atomic E-state index is 0.879. The highest BCUT2D eigenvalue weighted by Crippen LogP contribution is 2.05. The second-order valence-electron chi connectivity index (χ2n) is 3.71. The van der Waals surface area contributed by atoms with Gasteiger partial charge in [-0.3, -0.25) is 4.98 Å². The summed E-state index contributed by atoms with van der Waals surface area (Å²) in [5.74, 6) is -3.65. The predicted molar refractivity (Wildman–Crippen MR) is 74.4 cm³/mol. The molecule has 0 spiro atoms. The number of aliphatic carboxylic acids is 2. The van der Waals surface area contributed by atoms with E-state index < -0.39 is 11.9 Å². The fourth-order valence-corrected chi connectivity index (χ4v) is 1.92. The van der Waals surface area contributed by atoms with Crippen LogP contribution in [-0.4, -0.2) is 27.1 Å². The third-order valence-corrected chi connectivity index (χ3v) is 2.88. The second kappa shape index (κ2) is 8.78. The van der Waals surface area contributed by atoms with Crippen LogP contribution in [0.25, 0.3) is 0 Å². The smallest absolute Gasteiger partial charge is 0.414 e. The molecule has 0 saturated heterocycles. The van der Waals surface area contributed by atoms with Gasteiger partial charge in [-0.25, -0.2) is 9.59 Å². The molecule has 2 aromatic heterocycles. The number of carboxylic acids is 2. The minimum atomic E-state index is -1.82. The van der Waals surface area contributed by atoms with Crippen LogP contribution >= 0.6 is 11.3 Å². The normalized spacial score (nSPS) is 9.40. The molecule has 106 valence electrons. The predicted octanol–water partition coefficient (Wildman–Crippen LogP) is 1.59. The lowest BCUT2D eigenvalue weighted by atomic mass is 10.3. The van der Waals surface area contributed by atoms with E-state index in [2.05, 4.69) is 33.2 Å². The maximum Gasteiger partial charge on any atom is 0.414 e. The lowest BCUT2D eigenvalue weighted by Gasteiger charge is -2.02. The van der Waals surface area contributed by atoms with Crippen LogP contribution in [0.4, 0.5) is 0 Å². The topological polar surface area (TPSA) is 99.5 Å². The summed E-state index contributed by atoms with van der Waals surface area (Å²) in [6, 6.07) is 6.18. The molecule has 0 atom stereocenters. The zero-order chi connectivity index (χ0) is 14.8. The summed E-state index contributed by atoms with van der Waals surface area (Å²) in [5.41, 5.74) is 2.57. The lowest BCUT2D eigenvalue weighted by Crippen LogP contribution is -2.11. The van der Waals surface area contributed by atoms with Crippen molar-refractivity contribution in [2.45, 2.75) is 13.1 Å². The highest BCUT2D eigenvalue weighted by atomic mass is 32.1. The van der Waals surface area contributed by atoms with Gasteiger partial charge >= 0.3 is 11.9 Å². The Hall–Kier alpha value is -2.25. The standard InChI is InChI=1S/C11H12N2S.C2H2O4/c1-2-10(6-12-4-1)7-13-8-11-3-5-14-9-11;3-1(4)2(5)6/h1-6,9,13H,7-8H2;(H,3,4)(H,5,6). The van der Waals surface area contributed by atoms with Crippen LogP contribution in [0, 0.1) is 0 Å². The van der Waals surface area contributed by atoms with Crippen LogP contribution in [0.15, 0.2) is 41.4 Å². The van der Waals surface area contributed by atoms with Crippen molar-refractivity contribution in [2.75, 3.05) is 0 Å². The molecule has 0 radical (unpaired) electrons. The Morgan fingerprint density at radius 3 is 2.35 bits per heavy atom. The Morgan fingerprint density at radius 1 is 1.15 bits per heavy atom. The number of rotatable bonds is 4. The van der Waals surface area contributed by atoms with Crippen LogP contribution < -0.4 is 5.32 Å². The molecule has 0 bridgehead atoms. The fraction of sp³-hybridized carbons (Fsp3) is 0.154.